The Morgan fingerprint density at radius 1 is 1.12 bits per heavy atom. The van der Waals surface area contributed by atoms with Crippen molar-refractivity contribution in [1.82, 2.24) is 0 Å². The fourth-order valence-corrected chi connectivity index (χ4v) is 3.91. The minimum atomic E-state index is 0.241. The van der Waals surface area contributed by atoms with Crippen LogP contribution in [0.4, 0.5) is 0 Å². The van der Waals surface area contributed by atoms with Crippen molar-refractivity contribution in [3.8, 4) is 0 Å². The molecule has 1 saturated carbocycles. The molecule has 0 aromatic carbocycles. The first kappa shape index (κ1) is 15.0. The third kappa shape index (κ3) is 3.24. The van der Waals surface area contributed by atoms with Crippen LogP contribution in [-0.4, -0.2) is 11.7 Å². The maximum absolute atomic E-state index is 9.86. The normalized spacial score (nSPS) is 30.9. The molecule has 17 heavy (non-hydrogen) atoms. The Balaban J connectivity index is 2.69. The molecule has 1 N–H and O–H groups in total. The van der Waals surface area contributed by atoms with E-state index in [0.717, 1.165) is 5.92 Å². The molecule has 1 nitrogen and oxygen atoms in total. The molecular formula is C16H32O. The summed E-state index contributed by atoms with van der Waals surface area (Å²) in [6, 6.07) is 0. The van der Waals surface area contributed by atoms with E-state index >= 15 is 0 Å². The van der Waals surface area contributed by atoms with Crippen molar-refractivity contribution in [2.45, 2.75) is 73.1 Å². The molecule has 0 unspecified atom stereocenters. The zero-order chi connectivity index (χ0) is 13.1. The van der Waals surface area contributed by atoms with Crippen molar-refractivity contribution < 1.29 is 5.11 Å². The Bertz CT molecular complexity index is 214. The highest BCUT2D eigenvalue weighted by Gasteiger charge is 2.41. The number of aliphatic hydroxyl groups excluding tert-OH is 1. The molecule has 0 aromatic rings. The molecule has 1 aliphatic rings. The van der Waals surface area contributed by atoms with E-state index in [-0.39, 0.29) is 5.41 Å². The summed E-state index contributed by atoms with van der Waals surface area (Å²) >= 11 is 0. The number of hydrogen-bond donors (Lipinski definition) is 1. The van der Waals surface area contributed by atoms with Gasteiger partial charge in [-0.1, -0.05) is 47.5 Å². The van der Waals surface area contributed by atoms with Gasteiger partial charge in [-0.2, -0.15) is 0 Å². The molecule has 1 aliphatic carbocycles. The van der Waals surface area contributed by atoms with Crippen LogP contribution < -0.4 is 0 Å². The van der Waals surface area contributed by atoms with Gasteiger partial charge < -0.3 is 5.11 Å². The smallest absolute Gasteiger partial charge is 0.0490 e. The van der Waals surface area contributed by atoms with E-state index < -0.39 is 0 Å². The topological polar surface area (TPSA) is 20.2 Å². The average Bonchev–Trinajstić information content (AvgIpc) is 2.30. The maximum Gasteiger partial charge on any atom is 0.0490 e. The van der Waals surface area contributed by atoms with E-state index in [9.17, 15) is 5.11 Å². The molecule has 0 saturated heterocycles. The lowest BCUT2D eigenvalue weighted by Crippen LogP contribution is -2.40. The summed E-state index contributed by atoms with van der Waals surface area (Å²) < 4.78 is 0. The van der Waals surface area contributed by atoms with Crippen molar-refractivity contribution in [2.75, 3.05) is 6.61 Å². The zero-order valence-electron chi connectivity index (χ0n) is 12.6. The minimum Gasteiger partial charge on any atom is -0.396 e. The van der Waals surface area contributed by atoms with Gasteiger partial charge in [0.2, 0.25) is 0 Å². The minimum absolute atomic E-state index is 0.241. The first-order valence-corrected chi connectivity index (χ1v) is 7.50. The number of hydrogen-bond acceptors (Lipinski definition) is 1. The van der Waals surface area contributed by atoms with E-state index in [1.807, 2.05) is 0 Å². The lowest BCUT2D eigenvalue weighted by atomic mass is 9.59. The molecule has 1 fully saturated rings. The molecule has 0 atom stereocenters. The molecule has 102 valence electrons. The fraction of sp³-hybridized carbons (Fsp3) is 1.00. The number of aliphatic hydroxyl groups is 1. The second kappa shape index (κ2) is 5.73. The highest BCUT2D eigenvalue weighted by Crippen LogP contribution is 2.50. The van der Waals surface area contributed by atoms with Crippen molar-refractivity contribution in [3.05, 3.63) is 0 Å². The molecule has 1 heteroatoms. The maximum atomic E-state index is 9.86. The number of rotatable bonds is 4. The fourth-order valence-electron chi connectivity index (χ4n) is 3.91. The SMILES string of the molecule is CCC(CC)C1(CO)CCC(C(C)(C)C)CC1. The highest BCUT2D eigenvalue weighted by atomic mass is 16.3. The quantitative estimate of drug-likeness (QED) is 0.759. The van der Waals surface area contributed by atoms with Crippen LogP contribution in [0.5, 0.6) is 0 Å². The van der Waals surface area contributed by atoms with Crippen molar-refractivity contribution in [3.63, 3.8) is 0 Å². The van der Waals surface area contributed by atoms with Crippen LogP contribution in [0.1, 0.15) is 73.1 Å². The van der Waals surface area contributed by atoms with Crippen molar-refractivity contribution >= 4 is 0 Å². The molecular weight excluding hydrogens is 208 g/mol. The van der Waals surface area contributed by atoms with Crippen LogP contribution in [0, 0.1) is 22.7 Å². The lowest BCUT2D eigenvalue weighted by molar-refractivity contribution is -0.0118. The molecule has 1 rings (SSSR count). The standard InChI is InChI=1S/C16H32O/c1-6-13(7-2)16(12-17)10-8-14(9-11-16)15(3,4)5/h13-14,17H,6-12H2,1-5H3. The Hall–Kier alpha value is -0.0400. The summed E-state index contributed by atoms with van der Waals surface area (Å²) in [7, 11) is 0. The second-order valence-corrected chi connectivity index (χ2v) is 7.17. The van der Waals surface area contributed by atoms with E-state index in [2.05, 4.69) is 34.6 Å². The first-order valence-electron chi connectivity index (χ1n) is 7.50. The van der Waals surface area contributed by atoms with Gasteiger partial charge in [0.1, 0.15) is 0 Å². The third-order valence-corrected chi connectivity index (χ3v) is 5.37. The average molecular weight is 240 g/mol. The Labute approximate surface area is 108 Å². The molecule has 0 aromatic heterocycles. The van der Waals surface area contributed by atoms with Crippen molar-refractivity contribution in [2.24, 2.45) is 22.7 Å². The third-order valence-electron chi connectivity index (χ3n) is 5.37. The van der Waals surface area contributed by atoms with Gasteiger partial charge in [0.05, 0.1) is 0 Å². The summed E-state index contributed by atoms with van der Waals surface area (Å²) in [5.41, 5.74) is 0.681. The van der Waals surface area contributed by atoms with E-state index in [1.165, 1.54) is 38.5 Å². The van der Waals surface area contributed by atoms with Gasteiger partial charge in [0, 0.05) is 6.61 Å². The predicted octanol–water partition coefficient (Wildman–Crippen LogP) is 4.64. The zero-order valence-corrected chi connectivity index (χ0v) is 12.6. The second-order valence-electron chi connectivity index (χ2n) is 7.17. The van der Waals surface area contributed by atoms with Gasteiger partial charge in [-0.05, 0) is 48.3 Å². The molecule has 0 amide bonds. The van der Waals surface area contributed by atoms with Gasteiger partial charge in [-0.25, -0.2) is 0 Å². The van der Waals surface area contributed by atoms with E-state index in [1.54, 1.807) is 0 Å². The summed E-state index contributed by atoms with van der Waals surface area (Å²) in [5, 5.41) is 9.86. The van der Waals surface area contributed by atoms with Crippen LogP contribution in [0.15, 0.2) is 0 Å². The van der Waals surface area contributed by atoms with Crippen LogP contribution in [-0.2, 0) is 0 Å². The van der Waals surface area contributed by atoms with Gasteiger partial charge in [0.25, 0.3) is 0 Å². The summed E-state index contributed by atoms with van der Waals surface area (Å²) in [6.07, 6.45) is 7.52. The van der Waals surface area contributed by atoms with Gasteiger partial charge in [-0.3, -0.25) is 0 Å². The van der Waals surface area contributed by atoms with Gasteiger partial charge >= 0.3 is 0 Å². The van der Waals surface area contributed by atoms with Crippen molar-refractivity contribution in [1.29, 1.82) is 0 Å². The Kier molecular flexibility index (Phi) is 5.07. The van der Waals surface area contributed by atoms with E-state index in [4.69, 9.17) is 0 Å². The molecule has 0 heterocycles. The van der Waals surface area contributed by atoms with E-state index in [0.29, 0.717) is 17.9 Å². The first-order chi connectivity index (χ1) is 7.89. The molecule has 0 aliphatic heterocycles. The monoisotopic (exact) mass is 240 g/mol. The van der Waals surface area contributed by atoms with Crippen LogP contribution in [0.2, 0.25) is 0 Å². The highest BCUT2D eigenvalue weighted by molar-refractivity contribution is 4.92. The van der Waals surface area contributed by atoms with Crippen LogP contribution >= 0.6 is 0 Å². The predicted molar refractivity (Wildman–Crippen MR) is 75.0 cm³/mol. The Morgan fingerprint density at radius 3 is 1.88 bits per heavy atom. The molecule has 0 radical (unpaired) electrons. The molecule has 0 spiro atoms. The van der Waals surface area contributed by atoms with Gasteiger partial charge in [0.15, 0.2) is 0 Å². The Morgan fingerprint density at radius 2 is 1.59 bits per heavy atom. The summed E-state index contributed by atoms with van der Waals surface area (Å²) in [6.45, 7) is 12.0. The largest absolute Gasteiger partial charge is 0.396 e. The van der Waals surface area contributed by atoms with Crippen LogP contribution in [0.3, 0.4) is 0 Å². The summed E-state index contributed by atoms with van der Waals surface area (Å²) in [5.74, 6) is 1.56. The summed E-state index contributed by atoms with van der Waals surface area (Å²) in [4.78, 5) is 0. The van der Waals surface area contributed by atoms with Gasteiger partial charge in [-0.15, -0.1) is 0 Å². The lowest BCUT2D eigenvalue weighted by Gasteiger charge is -2.47. The van der Waals surface area contributed by atoms with Crippen LogP contribution in [0.25, 0.3) is 0 Å². The molecule has 0 bridgehead atoms.